The number of amides is 1. The number of aromatic nitrogens is 3. The van der Waals surface area contributed by atoms with Crippen molar-refractivity contribution in [2.75, 3.05) is 32.6 Å². The number of halogens is 1. The zero-order valence-electron chi connectivity index (χ0n) is 20.9. The number of carbonyl (C=O) groups is 1. The van der Waals surface area contributed by atoms with E-state index in [-0.39, 0.29) is 17.4 Å². The van der Waals surface area contributed by atoms with E-state index in [0.717, 1.165) is 29.9 Å². The highest BCUT2D eigenvalue weighted by atomic mass is 19.1. The summed E-state index contributed by atoms with van der Waals surface area (Å²) in [6.45, 7) is 9.19. The minimum atomic E-state index is -0.647. The number of fused-ring (bicyclic) bond motifs is 4. The van der Waals surface area contributed by atoms with Gasteiger partial charge in [-0.25, -0.2) is 14.4 Å². The number of nitrogens with zero attached hydrogens (tertiary/aromatic N) is 4. The molecule has 1 unspecified atom stereocenters. The van der Waals surface area contributed by atoms with Crippen molar-refractivity contribution in [1.82, 2.24) is 19.3 Å². The predicted octanol–water partition coefficient (Wildman–Crippen LogP) is 4.30. The molecule has 0 saturated carbocycles. The highest BCUT2D eigenvalue weighted by Gasteiger charge is 2.30. The number of imidazole rings is 1. The molecule has 36 heavy (non-hydrogen) atoms. The van der Waals surface area contributed by atoms with E-state index in [1.54, 1.807) is 24.0 Å². The quantitative estimate of drug-likeness (QED) is 0.449. The SMILES string of the molecule is CC1(C)COC1.Cc1ccc2c(c1)COCC2N(C)C(=O)c1cc2c(cc1F)nc(N)c1cncn12. The lowest BCUT2D eigenvalue weighted by molar-refractivity contribution is -0.0892. The van der Waals surface area contributed by atoms with Gasteiger partial charge >= 0.3 is 0 Å². The van der Waals surface area contributed by atoms with Gasteiger partial charge in [0.1, 0.15) is 17.2 Å². The Hall–Kier alpha value is -3.56. The third-order valence-electron chi connectivity index (χ3n) is 6.66. The van der Waals surface area contributed by atoms with Crippen molar-refractivity contribution in [1.29, 1.82) is 0 Å². The number of hydrogen-bond donors (Lipinski definition) is 1. The molecule has 188 valence electrons. The van der Waals surface area contributed by atoms with E-state index in [9.17, 15) is 9.18 Å². The van der Waals surface area contributed by atoms with E-state index in [1.165, 1.54) is 17.0 Å². The Morgan fingerprint density at radius 3 is 2.64 bits per heavy atom. The Labute approximate surface area is 208 Å². The molecule has 1 fully saturated rings. The van der Waals surface area contributed by atoms with Crippen molar-refractivity contribution in [2.45, 2.75) is 33.4 Å². The number of carbonyl (C=O) groups excluding carboxylic acids is 1. The molecule has 9 heteroatoms. The molecule has 4 aromatic rings. The minimum Gasteiger partial charge on any atom is -0.382 e. The van der Waals surface area contributed by atoms with Crippen LogP contribution >= 0.6 is 0 Å². The van der Waals surface area contributed by atoms with Crippen LogP contribution in [0.3, 0.4) is 0 Å². The third-order valence-corrected chi connectivity index (χ3v) is 6.66. The monoisotopic (exact) mass is 491 g/mol. The van der Waals surface area contributed by atoms with Gasteiger partial charge in [0, 0.05) is 18.5 Å². The van der Waals surface area contributed by atoms with Gasteiger partial charge in [0.15, 0.2) is 0 Å². The molecule has 0 aliphatic carbocycles. The zero-order chi connectivity index (χ0) is 25.6. The molecule has 8 nitrogen and oxygen atoms in total. The smallest absolute Gasteiger partial charge is 0.257 e. The van der Waals surface area contributed by atoms with Crippen LogP contribution in [0.15, 0.2) is 42.9 Å². The average Bonchev–Trinajstić information content (AvgIpc) is 3.33. The van der Waals surface area contributed by atoms with Gasteiger partial charge in [-0.1, -0.05) is 37.6 Å². The molecule has 4 heterocycles. The van der Waals surface area contributed by atoms with Gasteiger partial charge in [-0.05, 0) is 24.1 Å². The summed E-state index contributed by atoms with van der Waals surface area (Å²) in [5.74, 6) is -0.824. The number of nitrogens with two attached hydrogens (primary N) is 1. The fraction of sp³-hybridized carbons (Fsp3) is 0.370. The largest absolute Gasteiger partial charge is 0.382 e. The average molecular weight is 492 g/mol. The molecule has 1 atom stereocenters. The first kappa shape index (κ1) is 24.1. The molecule has 6 rings (SSSR count). The van der Waals surface area contributed by atoms with Gasteiger partial charge in [0.05, 0.1) is 61.6 Å². The molecule has 1 amide bonds. The topological polar surface area (TPSA) is 95.0 Å². The summed E-state index contributed by atoms with van der Waals surface area (Å²) in [6.07, 6.45) is 3.15. The Bertz CT molecular complexity index is 1460. The molecule has 2 aliphatic rings. The lowest BCUT2D eigenvalue weighted by Crippen LogP contribution is -2.36. The Morgan fingerprint density at radius 1 is 1.19 bits per heavy atom. The fourth-order valence-electron chi connectivity index (χ4n) is 4.58. The van der Waals surface area contributed by atoms with Crippen LogP contribution in [0.1, 0.15) is 46.9 Å². The van der Waals surface area contributed by atoms with Crippen molar-refractivity contribution in [3.05, 3.63) is 70.9 Å². The van der Waals surface area contributed by atoms with Crippen LogP contribution in [0.25, 0.3) is 16.6 Å². The molecule has 0 spiro atoms. The second-order valence-electron chi connectivity index (χ2n) is 10.3. The van der Waals surface area contributed by atoms with Crippen molar-refractivity contribution in [2.24, 2.45) is 5.41 Å². The number of aryl methyl sites for hydroxylation is 1. The number of rotatable bonds is 2. The van der Waals surface area contributed by atoms with Crippen LogP contribution in [0.4, 0.5) is 10.2 Å². The molecule has 2 aliphatic heterocycles. The van der Waals surface area contributed by atoms with Crippen molar-refractivity contribution < 1.29 is 18.7 Å². The summed E-state index contributed by atoms with van der Waals surface area (Å²) in [7, 11) is 1.67. The van der Waals surface area contributed by atoms with E-state index >= 15 is 0 Å². The Morgan fingerprint density at radius 2 is 1.94 bits per heavy atom. The lowest BCUT2D eigenvalue weighted by atomic mass is 9.92. The van der Waals surface area contributed by atoms with Gasteiger partial charge in [0.25, 0.3) is 5.91 Å². The summed E-state index contributed by atoms with van der Waals surface area (Å²) in [6, 6.07) is 8.53. The summed E-state index contributed by atoms with van der Waals surface area (Å²) in [5.41, 5.74) is 11.1. The van der Waals surface area contributed by atoms with Gasteiger partial charge in [0.2, 0.25) is 0 Å². The van der Waals surface area contributed by atoms with Crippen LogP contribution < -0.4 is 5.73 Å². The molecule has 0 radical (unpaired) electrons. The molecule has 0 bridgehead atoms. The number of ether oxygens (including phenoxy) is 2. The van der Waals surface area contributed by atoms with Crippen molar-refractivity contribution in [3.8, 4) is 0 Å². The summed E-state index contributed by atoms with van der Waals surface area (Å²) >= 11 is 0. The number of anilines is 1. The van der Waals surface area contributed by atoms with Crippen LogP contribution in [0.2, 0.25) is 0 Å². The van der Waals surface area contributed by atoms with Gasteiger partial charge < -0.3 is 20.1 Å². The normalized spacial score (nSPS) is 18.2. The molecule has 1 saturated heterocycles. The van der Waals surface area contributed by atoms with E-state index < -0.39 is 11.7 Å². The maximum absolute atomic E-state index is 14.9. The van der Waals surface area contributed by atoms with Crippen LogP contribution in [-0.2, 0) is 16.1 Å². The predicted molar refractivity (Wildman–Crippen MR) is 135 cm³/mol. The van der Waals surface area contributed by atoms with Gasteiger partial charge in [-0.15, -0.1) is 0 Å². The van der Waals surface area contributed by atoms with Crippen LogP contribution in [0.5, 0.6) is 0 Å². The molecule has 2 aromatic carbocycles. The van der Waals surface area contributed by atoms with Crippen molar-refractivity contribution >= 4 is 28.3 Å². The maximum atomic E-state index is 14.9. The second kappa shape index (κ2) is 9.15. The zero-order valence-corrected chi connectivity index (χ0v) is 20.9. The second-order valence-corrected chi connectivity index (χ2v) is 10.3. The molecular formula is C27H30FN5O3. The first-order valence-electron chi connectivity index (χ1n) is 11.9. The summed E-state index contributed by atoms with van der Waals surface area (Å²) < 4.78 is 27.3. The van der Waals surface area contributed by atoms with E-state index in [0.29, 0.717) is 35.2 Å². The van der Waals surface area contributed by atoms with Crippen LogP contribution in [0, 0.1) is 18.2 Å². The third kappa shape index (κ3) is 4.40. The number of nitrogen functional groups attached to an aromatic ring is 1. The van der Waals surface area contributed by atoms with Crippen LogP contribution in [-0.4, -0.2) is 52.0 Å². The summed E-state index contributed by atoms with van der Waals surface area (Å²) in [4.78, 5) is 23.2. The van der Waals surface area contributed by atoms with Gasteiger partial charge in [-0.2, -0.15) is 0 Å². The van der Waals surface area contributed by atoms with E-state index in [1.807, 2.05) is 19.1 Å². The van der Waals surface area contributed by atoms with E-state index in [4.69, 9.17) is 15.2 Å². The first-order chi connectivity index (χ1) is 17.1. The summed E-state index contributed by atoms with van der Waals surface area (Å²) in [5, 5.41) is 0. The fourth-order valence-corrected chi connectivity index (χ4v) is 4.58. The Balaban J connectivity index is 0.000000391. The number of benzene rings is 2. The molecule has 2 aromatic heterocycles. The van der Waals surface area contributed by atoms with Crippen molar-refractivity contribution in [3.63, 3.8) is 0 Å². The lowest BCUT2D eigenvalue weighted by Gasteiger charge is -2.33. The molecule has 2 N–H and O–H groups in total. The first-order valence-corrected chi connectivity index (χ1v) is 11.9. The minimum absolute atomic E-state index is 0.0363. The highest BCUT2D eigenvalue weighted by Crippen LogP contribution is 2.31. The standard InChI is InChI=1S/C22H20FN5O2.C5H10O/c1-12-3-4-14-13(5-12)9-30-10-20(14)27(2)22(29)15-6-18-17(7-16(15)23)26-21(24)19-8-25-11-28(18)19;1-5(2)3-6-4-5/h3-8,11,20H,9-10H2,1-2H3,(H2,24,26);3-4H2,1-2H3. The van der Waals surface area contributed by atoms with E-state index in [2.05, 4.69) is 29.9 Å². The number of likely N-dealkylation sites (N-methyl/N-ethyl adjacent to an activating group) is 1. The Kier molecular flexibility index (Phi) is 6.13. The maximum Gasteiger partial charge on any atom is 0.257 e. The molecular weight excluding hydrogens is 461 g/mol. The number of hydrogen-bond acceptors (Lipinski definition) is 6. The highest BCUT2D eigenvalue weighted by molar-refractivity contribution is 5.98. The van der Waals surface area contributed by atoms with Gasteiger partial charge in [-0.3, -0.25) is 9.20 Å².